The Morgan fingerprint density at radius 3 is 2.22 bits per heavy atom. The molecule has 36 heavy (non-hydrogen) atoms. The number of anilines is 3. The third-order valence-electron chi connectivity index (χ3n) is 6.04. The number of piperazine rings is 1. The number of nitrogens with one attached hydrogen (secondary N) is 2. The molecule has 3 amide bonds. The molecule has 0 aliphatic carbocycles. The van der Waals surface area contributed by atoms with Crippen LogP contribution >= 0.6 is 0 Å². The number of aryl methyl sites for hydroxylation is 1. The molecular formula is C27H27F3N4O2. The number of carbonyl (C=O) groups is 2. The van der Waals surface area contributed by atoms with Crippen molar-refractivity contribution in [2.75, 3.05) is 41.7 Å². The van der Waals surface area contributed by atoms with Gasteiger partial charge in [-0.05, 0) is 48.9 Å². The van der Waals surface area contributed by atoms with Crippen molar-refractivity contribution in [3.63, 3.8) is 0 Å². The SMILES string of the molecule is Cc1cccc(CC(=O)N2CCN(c3ccc(NC(=O)Nc4ccccc4C(F)(F)F)cc3)CC2)c1. The average molecular weight is 497 g/mol. The molecule has 1 saturated heterocycles. The fourth-order valence-electron chi connectivity index (χ4n) is 4.20. The molecule has 4 rings (SSSR count). The first kappa shape index (κ1) is 25.1. The van der Waals surface area contributed by atoms with Gasteiger partial charge < -0.3 is 20.4 Å². The minimum atomic E-state index is -4.57. The van der Waals surface area contributed by atoms with Gasteiger partial charge in [-0.15, -0.1) is 0 Å². The third-order valence-corrected chi connectivity index (χ3v) is 6.04. The molecule has 1 heterocycles. The zero-order chi connectivity index (χ0) is 25.7. The van der Waals surface area contributed by atoms with Crippen molar-refractivity contribution >= 4 is 29.0 Å². The van der Waals surface area contributed by atoms with Crippen LogP contribution in [0.15, 0.2) is 72.8 Å². The molecule has 1 fully saturated rings. The van der Waals surface area contributed by atoms with Crippen LogP contribution in [0.4, 0.5) is 35.0 Å². The molecule has 3 aromatic rings. The van der Waals surface area contributed by atoms with Crippen LogP contribution < -0.4 is 15.5 Å². The number of benzene rings is 3. The zero-order valence-electron chi connectivity index (χ0n) is 19.8. The number of rotatable bonds is 5. The number of hydrogen-bond donors (Lipinski definition) is 2. The fourth-order valence-corrected chi connectivity index (χ4v) is 4.20. The van der Waals surface area contributed by atoms with Gasteiger partial charge >= 0.3 is 12.2 Å². The summed E-state index contributed by atoms with van der Waals surface area (Å²) in [5.74, 6) is 0.109. The molecular weight excluding hydrogens is 469 g/mol. The van der Waals surface area contributed by atoms with E-state index in [2.05, 4.69) is 15.5 Å². The highest BCUT2D eigenvalue weighted by atomic mass is 19.4. The number of urea groups is 1. The highest BCUT2D eigenvalue weighted by Gasteiger charge is 2.33. The fraction of sp³-hybridized carbons (Fsp3) is 0.259. The number of hydrogen-bond acceptors (Lipinski definition) is 3. The first-order chi connectivity index (χ1) is 17.2. The second kappa shape index (κ2) is 10.7. The average Bonchev–Trinajstić information content (AvgIpc) is 2.84. The summed E-state index contributed by atoms with van der Waals surface area (Å²) in [5.41, 5.74) is 2.31. The van der Waals surface area contributed by atoms with Gasteiger partial charge in [0.2, 0.25) is 5.91 Å². The van der Waals surface area contributed by atoms with Gasteiger partial charge in [0.15, 0.2) is 0 Å². The summed E-state index contributed by atoms with van der Waals surface area (Å²) in [6, 6.07) is 19.1. The van der Waals surface area contributed by atoms with Gasteiger partial charge in [0.05, 0.1) is 17.7 Å². The topological polar surface area (TPSA) is 64.7 Å². The number of carbonyl (C=O) groups excluding carboxylic acids is 2. The summed E-state index contributed by atoms with van der Waals surface area (Å²) in [6.07, 6.45) is -4.18. The van der Waals surface area contributed by atoms with E-state index in [-0.39, 0.29) is 11.6 Å². The molecule has 1 aliphatic rings. The summed E-state index contributed by atoms with van der Waals surface area (Å²) in [4.78, 5) is 29.0. The Hall–Kier alpha value is -4.01. The second-order valence-electron chi connectivity index (χ2n) is 8.70. The molecule has 3 aromatic carbocycles. The maximum atomic E-state index is 13.1. The lowest BCUT2D eigenvalue weighted by Crippen LogP contribution is -2.49. The largest absolute Gasteiger partial charge is 0.418 e. The Labute approximate surface area is 207 Å². The van der Waals surface area contributed by atoms with Crippen molar-refractivity contribution in [2.24, 2.45) is 0 Å². The van der Waals surface area contributed by atoms with E-state index in [0.29, 0.717) is 38.3 Å². The summed E-state index contributed by atoms with van der Waals surface area (Å²) < 4.78 is 39.4. The Morgan fingerprint density at radius 1 is 0.861 bits per heavy atom. The maximum Gasteiger partial charge on any atom is 0.418 e. The normalized spacial score (nSPS) is 13.9. The van der Waals surface area contributed by atoms with Gasteiger partial charge in [0.1, 0.15) is 0 Å². The predicted octanol–water partition coefficient (Wildman–Crippen LogP) is 5.55. The molecule has 1 aliphatic heterocycles. The van der Waals surface area contributed by atoms with Gasteiger partial charge in [0, 0.05) is 37.6 Å². The van der Waals surface area contributed by atoms with Gasteiger partial charge in [-0.1, -0.05) is 42.0 Å². The molecule has 0 spiro atoms. The standard InChI is InChI=1S/C27H27F3N4O2/c1-19-5-4-6-20(17-19)18-25(35)34-15-13-33(14-16-34)22-11-9-21(10-12-22)31-26(36)32-24-8-3-2-7-23(24)27(28,29)30/h2-12,17H,13-16,18H2,1H3,(H2,31,32,36). The Balaban J connectivity index is 1.29. The van der Waals surface area contributed by atoms with Crippen LogP contribution in [-0.2, 0) is 17.4 Å². The maximum absolute atomic E-state index is 13.1. The number of amides is 3. The molecule has 0 saturated carbocycles. The lowest BCUT2D eigenvalue weighted by Gasteiger charge is -2.36. The number of alkyl halides is 3. The van der Waals surface area contributed by atoms with Gasteiger partial charge in [-0.25, -0.2) is 4.79 Å². The third kappa shape index (κ3) is 6.35. The van der Waals surface area contributed by atoms with Crippen molar-refractivity contribution < 1.29 is 22.8 Å². The molecule has 6 nitrogen and oxygen atoms in total. The Morgan fingerprint density at radius 2 is 1.56 bits per heavy atom. The number of nitrogens with zero attached hydrogens (tertiary/aromatic N) is 2. The van der Waals surface area contributed by atoms with Gasteiger partial charge in [-0.3, -0.25) is 4.79 Å². The minimum Gasteiger partial charge on any atom is -0.368 e. The van der Waals surface area contributed by atoms with E-state index in [9.17, 15) is 22.8 Å². The van der Waals surface area contributed by atoms with Crippen LogP contribution in [0.2, 0.25) is 0 Å². The first-order valence-electron chi connectivity index (χ1n) is 11.6. The summed E-state index contributed by atoms with van der Waals surface area (Å²) in [5, 5.41) is 4.82. The molecule has 0 atom stereocenters. The van der Waals surface area contributed by atoms with Crippen molar-refractivity contribution in [3.05, 3.63) is 89.5 Å². The van der Waals surface area contributed by atoms with Crippen LogP contribution in [0.5, 0.6) is 0 Å². The van der Waals surface area contributed by atoms with Crippen LogP contribution in [0, 0.1) is 6.92 Å². The van der Waals surface area contributed by atoms with Crippen LogP contribution in [0.3, 0.4) is 0 Å². The molecule has 188 valence electrons. The molecule has 0 unspecified atom stereocenters. The van der Waals surface area contributed by atoms with E-state index in [1.807, 2.05) is 48.2 Å². The van der Waals surface area contributed by atoms with Crippen LogP contribution in [-0.4, -0.2) is 43.0 Å². The predicted molar refractivity (Wildman–Crippen MR) is 134 cm³/mol. The highest BCUT2D eigenvalue weighted by Crippen LogP contribution is 2.34. The highest BCUT2D eigenvalue weighted by molar-refractivity contribution is 6.00. The van der Waals surface area contributed by atoms with E-state index in [0.717, 1.165) is 22.9 Å². The molecule has 0 radical (unpaired) electrons. The second-order valence-corrected chi connectivity index (χ2v) is 8.70. The summed E-state index contributed by atoms with van der Waals surface area (Å²) in [7, 11) is 0. The quantitative estimate of drug-likeness (QED) is 0.487. The first-order valence-corrected chi connectivity index (χ1v) is 11.6. The van der Waals surface area contributed by atoms with Crippen molar-refractivity contribution in [2.45, 2.75) is 19.5 Å². The Kier molecular flexibility index (Phi) is 7.47. The lowest BCUT2D eigenvalue weighted by atomic mass is 10.1. The van der Waals surface area contributed by atoms with Crippen molar-refractivity contribution in [3.8, 4) is 0 Å². The van der Waals surface area contributed by atoms with E-state index < -0.39 is 17.8 Å². The molecule has 0 bridgehead atoms. The van der Waals surface area contributed by atoms with Crippen molar-refractivity contribution in [1.82, 2.24) is 4.90 Å². The van der Waals surface area contributed by atoms with E-state index in [1.54, 1.807) is 12.1 Å². The van der Waals surface area contributed by atoms with E-state index in [1.165, 1.54) is 18.2 Å². The van der Waals surface area contributed by atoms with Gasteiger partial charge in [0.25, 0.3) is 0 Å². The molecule has 9 heteroatoms. The Bertz CT molecular complexity index is 1220. The van der Waals surface area contributed by atoms with Crippen molar-refractivity contribution in [1.29, 1.82) is 0 Å². The lowest BCUT2D eigenvalue weighted by molar-refractivity contribution is -0.137. The zero-order valence-corrected chi connectivity index (χ0v) is 19.8. The summed E-state index contributed by atoms with van der Waals surface area (Å²) >= 11 is 0. The monoisotopic (exact) mass is 496 g/mol. The van der Waals surface area contributed by atoms with Crippen LogP contribution in [0.1, 0.15) is 16.7 Å². The minimum absolute atomic E-state index is 0.109. The molecule has 2 N–H and O–H groups in total. The van der Waals surface area contributed by atoms with E-state index >= 15 is 0 Å². The molecule has 0 aromatic heterocycles. The van der Waals surface area contributed by atoms with E-state index in [4.69, 9.17) is 0 Å². The summed E-state index contributed by atoms with van der Waals surface area (Å²) in [6.45, 7) is 4.60. The number of para-hydroxylation sites is 1. The van der Waals surface area contributed by atoms with Gasteiger partial charge in [-0.2, -0.15) is 13.2 Å². The number of halogens is 3. The smallest absolute Gasteiger partial charge is 0.368 e. The van der Waals surface area contributed by atoms with Crippen LogP contribution in [0.25, 0.3) is 0 Å².